The molecule has 8 nitrogen and oxygen atoms in total. The van der Waals surface area contributed by atoms with Crippen LogP contribution in [0.4, 0.5) is 11.5 Å². The summed E-state index contributed by atoms with van der Waals surface area (Å²) in [5.74, 6) is -0.209. The van der Waals surface area contributed by atoms with Crippen molar-refractivity contribution in [3.8, 4) is 11.3 Å². The Morgan fingerprint density at radius 3 is 2.59 bits per heavy atom. The molecule has 0 atom stereocenters. The first-order valence-electron chi connectivity index (χ1n) is 11.6. The second-order valence-corrected chi connectivity index (χ2v) is 7.39. The van der Waals surface area contributed by atoms with Gasteiger partial charge in [-0.2, -0.15) is 0 Å². The summed E-state index contributed by atoms with van der Waals surface area (Å²) in [4.78, 5) is 31.4. The fourth-order valence-corrected chi connectivity index (χ4v) is 3.51. The van der Waals surface area contributed by atoms with Gasteiger partial charge in [0.2, 0.25) is 13.3 Å². The predicted octanol–water partition coefficient (Wildman–Crippen LogP) is 3.30. The fourth-order valence-electron chi connectivity index (χ4n) is 3.51. The standard InChI is InChI=1S/C23H25BN5O3.C2H6/c1-24-29-9-8-18(16-29)23(31)25-15-22(30)27-21-7-3-6-20(26-21)17-4-2-5-19(14-17)28-10-12-32-13-11-28;1-2/h2-9,14,16H,10-13,15H2,1H3,(H,25,31)(H,26,27,30);1-2H3. The number of anilines is 2. The second-order valence-electron chi connectivity index (χ2n) is 7.39. The highest BCUT2D eigenvalue weighted by molar-refractivity contribution is 6.31. The number of benzene rings is 1. The number of carbonyl (C=O) groups is 2. The van der Waals surface area contributed by atoms with Gasteiger partial charge in [-0.05, 0) is 36.5 Å². The summed E-state index contributed by atoms with van der Waals surface area (Å²) < 4.78 is 7.21. The van der Waals surface area contributed by atoms with Gasteiger partial charge in [-0.15, -0.1) is 0 Å². The molecule has 34 heavy (non-hydrogen) atoms. The molecule has 1 aliphatic heterocycles. The molecule has 9 heteroatoms. The van der Waals surface area contributed by atoms with Gasteiger partial charge in [-0.3, -0.25) is 9.59 Å². The summed E-state index contributed by atoms with van der Waals surface area (Å²) >= 11 is 0. The number of rotatable bonds is 7. The SMILES string of the molecule is CC.C[B]n1ccc(C(=O)NCC(=O)Nc2cccc(-c3cccc(N4CCOCC4)c3)n2)c1. The Bertz CT molecular complexity index is 1100. The average Bonchev–Trinajstić information content (AvgIpc) is 3.39. The van der Waals surface area contributed by atoms with E-state index in [4.69, 9.17) is 4.74 Å². The van der Waals surface area contributed by atoms with Crippen molar-refractivity contribution >= 4 is 30.7 Å². The number of nitrogens with zero attached hydrogens (tertiary/aromatic N) is 3. The number of hydrogen-bond donors (Lipinski definition) is 2. The van der Waals surface area contributed by atoms with Crippen LogP contribution in [0.25, 0.3) is 11.3 Å². The minimum atomic E-state index is -0.341. The molecule has 4 rings (SSSR count). The Balaban J connectivity index is 0.00000158. The molecule has 177 valence electrons. The van der Waals surface area contributed by atoms with Crippen molar-refractivity contribution in [1.29, 1.82) is 0 Å². The van der Waals surface area contributed by atoms with Gasteiger partial charge in [0.25, 0.3) is 5.91 Å². The lowest BCUT2D eigenvalue weighted by Crippen LogP contribution is -2.36. The third kappa shape index (κ3) is 6.71. The molecular formula is C25H31BN5O3. The van der Waals surface area contributed by atoms with E-state index < -0.39 is 0 Å². The summed E-state index contributed by atoms with van der Waals surface area (Å²) in [6.07, 6.45) is 3.47. The van der Waals surface area contributed by atoms with E-state index in [0.717, 1.165) is 43.2 Å². The van der Waals surface area contributed by atoms with E-state index in [1.54, 1.807) is 29.0 Å². The summed E-state index contributed by atoms with van der Waals surface area (Å²) in [6, 6.07) is 15.4. The highest BCUT2D eigenvalue weighted by Crippen LogP contribution is 2.25. The number of morpholine rings is 1. The lowest BCUT2D eigenvalue weighted by molar-refractivity contribution is -0.115. The molecule has 0 unspecified atom stereocenters. The fraction of sp³-hybridized carbons (Fsp3) is 0.320. The second kappa shape index (κ2) is 12.6. The van der Waals surface area contributed by atoms with E-state index in [1.165, 1.54) is 0 Å². The maximum Gasteiger partial charge on any atom is 0.253 e. The molecule has 0 saturated carbocycles. The summed E-state index contributed by atoms with van der Waals surface area (Å²) in [7, 11) is 1.83. The van der Waals surface area contributed by atoms with E-state index in [2.05, 4.69) is 32.7 Å². The molecule has 0 bridgehead atoms. The first-order chi connectivity index (χ1) is 16.6. The topological polar surface area (TPSA) is 88.5 Å². The Morgan fingerprint density at radius 2 is 1.85 bits per heavy atom. The summed E-state index contributed by atoms with van der Waals surface area (Å²) in [6.45, 7) is 8.90. The van der Waals surface area contributed by atoms with Crippen LogP contribution in [0.3, 0.4) is 0 Å². The molecule has 2 aromatic heterocycles. The molecular weight excluding hydrogens is 429 g/mol. The van der Waals surface area contributed by atoms with E-state index in [0.29, 0.717) is 11.4 Å². The van der Waals surface area contributed by atoms with Crippen LogP contribution in [0, 0.1) is 0 Å². The number of aromatic nitrogens is 2. The Kier molecular flexibility index (Phi) is 9.28. The van der Waals surface area contributed by atoms with Crippen LogP contribution < -0.4 is 15.5 Å². The lowest BCUT2D eigenvalue weighted by atomic mass is 10.0. The zero-order chi connectivity index (χ0) is 24.3. The quantitative estimate of drug-likeness (QED) is 0.529. The highest BCUT2D eigenvalue weighted by atomic mass is 16.5. The normalized spacial score (nSPS) is 12.9. The van der Waals surface area contributed by atoms with Crippen LogP contribution in [0.2, 0.25) is 6.82 Å². The molecule has 3 heterocycles. The van der Waals surface area contributed by atoms with Crippen LogP contribution in [0.5, 0.6) is 0 Å². The van der Waals surface area contributed by atoms with E-state index in [-0.39, 0.29) is 18.4 Å². The molecule has 1 aromatic carbocycles. The predicted molar refractivity (Wildman–Crippen MR) is 136 cm³/mol. The van der Waals surface area contributed by atoms with Gasteiger partial charge in [0.05, 0.1) is 31.0 Å². The number of carbonyl (C=O) groups excluding carboxylic acids is 2. The third-order valence-corrected chi connectivity index (χ3v) is 5.22. The Morgan fingerprint density at radius 1 is 1.09 bits per heavy atom. The van der Waals surface area contributed by atoms with Crippen molar-refractivity contribution in [2.75, 3.05) is 43.1 Å². The number of nitrogens with one attached hydrogen (secondary N) is 2. The molecule has 0 aliphatic carbocycles. The van der Waals surface area contributed by atoms with Crippen LogP contribution in [-0.4, -0.2) is 61.5 Å². The highest BCUT2D eigenvalue weighted by Gasteiger charge is 2.13. The van der Waals surface area contributed by atoms with Crippen molar-refractivity contribution in [1.82, 2.24) is 14.8 Å². The van der Waals surface area contributed by atoms with Crippen LogP contribution in [0.1, 0.15) is 24.2 Å². The van der Waals surface area contributed by atoms with E-state index in [9.17, 15) is 9.59 Å². The maximum atomic E-state index is 12.3. The van der Waals surface area contributed by atoms with Gasteiger partial charge in [0.15, 0.2) is 0 Å². The van der Waals surface area contributed by atoms with Gasteiger partial charge < -0.3 is 24.7 Å². The Hall–Kier alpha value is -3.59. The zero-order valence-corrected chi connectivity index (χ0v) is 20.0. The zero-order valence-electron chi connectivity index (χ0n) is 20.0. The third-order valence-electron chi connectivity index (χ3n) is 5.22. The van der Waals surface area contributed by atoms with Crippen molar-refractivity contribution in [2.24, 2.45) is 0 Å². The van der Waals surface area contributed by atoms with Crippen molar-refractivity contribution in [3.63, 3.8) is 0 Å². The van der Waals surface area contributed by atoms with Gasteiger partial charge in [0, 0.05) is 30.5 Å². The molecule has 1 saturated heterocycles. The van der Waals surface area contributed by atoms with E-state index in [1.807, 2.05) is 52.4 Å². The number of pyridine rings is 1. The number of ether oxygens (including phenoxy) is 1. The first-order valence-corrected chi connectivity index (χ1v) is 11.6. The first kappa shape index (κ1) is 25.0. The maximum absolute atomic E-state index is 12.3. The monoisotopic (exact) mass is 460 g/mol. The molecule has 3 aromatic rings. The van der Waals surface area contributed by atoms with E-state index >= 15 is 0 Å². The van der Waals surface area contributed by atoms with Crippen LogP contribution >= 0.6 is 0 Å². The smallest absolute Gasteiger partial charge is 0.253 e. The largest absolute Gasteiger partial charge is 0.402 e. The molecule has 1 fully saturated rings. The molecule has 0 spiro atoms. The molecule has 2 amide bonds. The minimum Gasteiger partial charge on any atom is -0.402 e. The van der Waals surface area contributed by atoms with Gasteiger partial charge in [0.1, 0.15) is 5.82 Å². The van der Waals surface area contributed by atoms with Crippen molar-refractivity contribution in [2.45, 2.75) is 20.7 Å². The van der Waals surface area contributed by atoms with Crippen LogP contribution in [0.15, 0.2) is 60.9 Å². The van der Waals surface area contributed by atoms with Gasteiger partial charge in [-0.25, -0.2) is 4.98 Å². The lowest BCUT2D eigenvalue weighted by Gasteiger charge is -2.29. The number of amides is 2. The summed E-state index contributed by atoms with van der Waals surface area (Å²) in [5, 5.41) is 5.37. The molecule has 1 aliphatic rings. The van der Waals surface area contributed by atoms with Gasteiger partial charge >= 0.3 is 0 Å². The van der Waals surface area contributed by atoms with Crippen molar-refractivity contribution in [3.05, 3.63) is 66.5 Å². The average molecular weight is 460 g/mol. The van der Waals surface area contributed by atoms with Crippen molar-refractivity contribution < 1.29 is 14.3 Å². The minimum absolute atomic E-state index is 0.141. The molecule has 1 radical (unpaired) electrons. The summed E-state index contributed by atoms with van der Waals surface area (Å²) in [5.41, 5.74) is 3.35. The van der Waals surface area contributed by atoms with Crippen LogP contribution in [-0.2, 0) is 9.53 Å². The molecule has 2 N–H and O–H groups in total. The number of hydrogen-bond acceptors (Lipinski definition) is 5. The Labute approximate surface area is 201 Å². The van der Waals surface area contributed by atoms with Gasteiger partial charge in [-0.1, -0.05) is 38.9 Å².